The van der Waals surface area contributed by atoms with Gasteiger partial charge in [-0.25, -0.2) is 4.98 Å². The first-order valence-electron chi connectivity index (χ1n) is 6.35. The number of anilines is 1. The molecule has 0 spiro atoms. The van der Waals surface area contributed by atoms with Crippen LogP contribution >= 0.6 is 11.3 Å². The van der Waals surface area contributed by atoms with Crippen LogP contribution < -0.4 is 11.1 Å². The van der Waals surface area contributed by atoms with Crippen molar-refractivity contribution in [3.63, 3.8) is 0 Å². The highest BCUT2D eigenvalue weighted by Crippen LogP contribution is 2.38. The summed E-state index contributed by atoms with van der Waals surface area (Å²) in [6.07, 6.45) is 1.56. The molecule has 0 bridgehead atoms. The Balaban J connectivity index is 2.15. The number of rotatable bonds is 3. The van der Waals surface area contributed by atoms with Crippen LogP contribution in [0.3, 0.4) is 0 Å². The molecule has 0 aromatic carbocycles. The molecule has 1 amide bonds. The topological polar surface area (TPSA) is 85.1 Å². The molecule has 104 valence electrons. The lowest BCUT2D eigenvalue weighted by Crippen LogP contribution is -2.26. The summed E-state index contributed by atoms with van der Waals surface area (Å²) in [5.41, 5.74) is 6.33. The smallest absolute Gasteiger partial charge is 0.227 e. The summed E-state index contributed by atoms with van der Waals surface area (Å²) in [4.78, 5) is 28.7. The quantitative estimate of drug-likeness (QED) is 0.887. The molecule has 1 aliphatic rings. The molecule has 6 heteroatoms. The number of thiazole rings is 1. The van der Waals surface area contributed by atoms with E-state index in [1.54, 1.807) is 6.92 Å². The van der Waals surface area contributed by atoms with E-state index in [1.165, 1.54) is 11.3 Å². The number of nitrogens with zero attached hydrogens (tertiary/aromatic N) is 1. The van der Waals surface area contributed by atoms with Gasteiger partial charge < -0.3 is 11.1 Å². The molecule has 19 heavy (non-hydrogen) atoms. The molecule has 0 aliphatic heterocycles. The molecule has 0 radical (unpaired) electrons. The van der Waals surface area contributed by atoms with E-state index in [2.05, 4.69) is 24.1 Å². The van der Waals surface area contributed by atoms with Crippen molar-refractivity contribution in [1.82, 2.24) is 4.98 Å². The van der Waals surface area contributed by atoms with Gasteiger partial charge in [-0.3, -0.25) is 9.59 Å². The zero-order valence-corrected chi connectivity index (χ0v) is 12.3. The average Bonchev–Trinajstić information content (AvgIpc) is 2.56. The van der Waals surface area contributed by atoms with Crippen LogP contribution in [0, 0.1) is 5.41 Å². The number of carbonyl (C=O) groups is 2. The minimum Gasteiger partial charge on any atom is -0.327 e. The van der Waals surface area contributed by atoms with Gasteiger partial charge in [-0.2, -0.15) is 0 Å². The van der Waals surface area contributed by atoms with Crippen LogP contribution in [0.15, 0.2) is 0 Å². The molecule has 1 unspecified atom stereocenters. The summed E-state index contributed by atoms with van der Waals surface area (Å²) in [6, 6.07) is -0.185. The van der Waals surface area contributed by atoms with Crippen molar-refractivity contribution in [3.8, 4) is 0 Å². The standard InChI is InChI=1S/C13H19N3O2S/c1-7(14)4-10(18)16-12-15-8-5-13(2,3)6-9(17)11(8)19-12/h7H,4-6,14H2,1-3H3,(H,15,16,18). The Morgan fingerprint density at radius 3 is 2.84 bits per heavy atom. The fourth-order valence-electron chi connectivity index (χ4n) is 2.24. The van der Waals surface area contributed by atoms with E-state index in [0.717, 1.165) is 12.1 Å². The number of aromatic nitrogens is 1. The summed E-state index contributed by atoms with van der Waals surface area (Å²) in [6.45, 7) is 5.89. The first-order valence-corrected chi connectivity index (χ1v) is 7.17. The van der Waals surface area contributed by atoms with Crippen molar-refractivity contribution >= 4 is 28.2 Å². The zero-order chi connectivity index (χ0) is 14.2. The largest absolute Gasteiger partial charge is 0.327 e. The van der Waals surface area contributed by atoms with Crippen LogP contribution in [0.25, 0.3) is 0 Å². The minimum absolute atomic E-state index is 0.0504. The summed E-state index contributed by atoms with van der Waals surface area (Å²) in [5, 5.41) is 3.22. The Hall–Kier alpha value is -1.27. The number of fused-ring (bicyclic) bond motifs is 1. The van der Waals surface area contributed by atoms with Crippen LogP contribution in [0.2, 0.25) is 0 Å². The highest BCUT2D eigenvalue weighted by atomic mass is 32.1. The summed E-state index contributed by atoms with van der Waals surface area (Å²) >= 11 is 1.27. The van der Waals surface area contributed by atoms with E-state index in [4.69, 9.17) is 5.73 Å². The van der Waals surface area contributed by atoms with Gasteiger partial charge in [-0.1, -0.05) is 25.2 Å². The molecule has 1 atom stereocenters. The van der Waals surface area contributed by atoms with Gasteiger partial charge in [0.25, 0.3) is 0 Å². The zero-order valence-electron chi connectivity index (χ0n) is 11.4. The Morgan fingerprint density at radius 2 is 2.21 bits per heavy atom. The Kier molecular flexibility index (Phi) is 3.73. The van der Waals surface area contributed by atoms with E-state index in [9.17, 15) is 9.59 Å². The van der Waals surface area contributed by atoms with Gasteiger partial charge in [0.1, 0.15) is 0 Å². The molecule has 2 rings (SSSR count). The molecular weight excluding hydrogens is 262 g/mol. The molecular formula is C13H19N3O2S. The van der Waals surface area contributed by atoms with Crippen molar-refractivity contribution in [2.75, 3.05) is 5.32 Å². The third-order valence-electron chi connectivity index (χ3n) is 2.99. The molecule has 0 fully saturated rings. The van der Waals surface area contributed by atoms with Gasteiger partial charge in [0.2, 0.25) is 5.91 Å². The second-order valence-electron chi connectivity index (χ2n) is 5.97. The summed E-state index contributed by atoms with van der Waals surface area (Å²) in [5.74, 6) is -0.0377. The van der Waals surface area contributed by atoms with Crippen molar-refractivity contribution in [3.05, 3.63) is 10.6 Å². The number of nitrogens with one attached hydrogen (secondary N) is 1. The second-order valence-corrected chi connectivity index (χ2v) is 6.96. The van der Waals surface area contributed by atoms with Gasteiger partial charge in [0, 0.05) is 18.9 Å². The van der Waals surface area contributed by atoms with Crippen LogP contribution in [-0.2, 0) is 11.2 Å². The first kappa shape index (κ1) is 14.1. The van der Waals surface area contributed by atoms with Crippen molar-refractivity contribution < 1.29 is 9.59 Å². The predicted molar refractivity (Wildman–Crippen MR) is 75.4 cm³/mol. The molecule has 1 aromatic rings. The Bertz CT molecular complexity index is 520. The van der Waals surface area contributed by atoms with Crippen molar-refractivity contribution in [1.29, 1.82) is 0 Å². The number of hydrogen-bond acceptors (Lipinski definition) is 5. The predicted octanol–water partition coefficient (Wildman–Crippen LogP) is 1.97. The lowest BCUT2D eigenvalue weighted by Gasteiger charge is -2.26. The van der Waals surface area contributed by atoms with Crippen LogP contribution in [0.1, 0.15) is 49.0 Å². The van der Waals surface area contributed by atoms with Gasteiger partial charge in [0.05, 0.1) is 10.6 Å². The number of Topliss-reactive ketones (excluding diaryl/α,β-unsaturated/α-hetero) is 1. The minimum atomic E-state index is -0.185. The molecule has 1 aliphatic carbocycles. The van der Waals surface area contributed by atoms with Gasteiger partial charge >= 0.3 is 0 Å². The third-order valence-corrected chi connectivity index (χ3v) is 4.04. The summed E-state index contributed by atoms with van der Waals surface area (Å²) in [7, 11) is 0. The van der Waals surface area contributed by atoms with E-state index in [-0.39, 0.29) is 29.6 Å². The maximum absolute atomic E-state index is 12.0. The number of amides is 1. The van der Waals surface area contributed by atoms with Crippen molar-refractivity contribution in [2.24, 2.45) is 11.1 Å². The molecule has 5 nitrogen and oxygen atoms in total. The average molecular weight is 281 g/mol. The monoisotopic (exact) mass is 281 g/mol. The maximum atomic E-state index is 12.0. The Morgan fingerprint density at radius 1 is 1.53 bits per heavy atom. The molecule has 0 saturated carbocycles. The number of carbonyl (C=O) groups excluding carboxylic acids is 2. The Labute approximate surface area is 116 Å². The fourth-order valence-corrected chi connectivity index (χ4v) is 3.17. The highest BCUT2D eigenvalue weighted by molar-refractivity contribution is 7.17. The highest BCUT2D eigenvalue weighted by Gasteiger charge is 2.34. The molecule has 0 saturated heterocycles. The van der Waals surface area contributed by atoms with E-state index < -0.39 is 0 Å². The van der Waals surface area contributed by atoms with Gasteiger partial charge in [-0.05, 0) is 18.8 Å². The van der Waals surface area contributed by atoms with E-state index in [1.807, 2.05) is 0 Å². The number of nitrogens with two attached hydrogens (primary N) is 1. The molecule has 1 heterocycles. The van der Waals surface area contributed by atoms with Crippen LogP contribution in [-0.4, -0.2) is 22.7 Å². The molecule has 1 aromatic heterocycles. The lowest BCUT2D eigenvalue weighted by molar-refractivity contribution is -0.116. The lowest BCUT2D eigenvalue weighted by atomic mass is 9.78. The van der Waals surface area contributed by atoms with Crippen LogP contribution in [0.5, 0.6) is 0 Å². The number of ketones is 1. The van der Waals surface area contributed by atoms with E-state index >= 15 is 0 Å². The third kappa shape index (κ3) is 3.39. The normalized spacial score (nSPS) is 18.8. The van der Waals surface area contributed by atoms with Gasteiger partial charge in [-0.15, -0.1) is 0 Å². The van der Waals surface area contributed by atoms with Crippen molar-refractivity contribution in [2.45, 2.75) is 46.1 Å². The summed E-state index contributed by atoms with van der Waals surface area (Å²) < 4.78 is 0. The number of hydrogen-bond donors (Lipinski definition) is 2. The fraction of sp³-hybridized carbons (Fsp3) is 0.615. The van der Waals surface area contributed by atoms with E-state index in [0.29, 0.717) is 16.4 Å². The first-order chi connectivity index (χ1) is 8.77. The van der Waals surface area contributed by atoms with Crippen LogP contribution in [0.4, 0.5) is 5.13 Å². The van der Waals surface area contributed by atoms with Gasteiger partial charge in [0.15, 0.2) is 10.9 Å². The second kappa shape index (κ2) is 5.02. The molecule has 3 N–H and O–H groups in total. The SMILES string of the molecule is CC(N)CC(=O)Nc1nc2c(s1)C(=O)CC(C)(C)C2. The maximum Gasteiger partial charge on any atom is 0.227 e.